The molecule has 3 aromatic rings. The third-order valence-electron chi connectivity index (χ3n) is 3.48. The minimum atomic E-state index is -0.559. The van der Waals surface area contributed by atoms with E-state index in [1.165, 1.54) is 16.4 Å². The molecule has 0 aliphatic rings. The maximum absolute atomic E-state index is 12.0. The molecule has 0 spiro atoms. The van der Waals surface area contributed by atoms with Gasteiger partial charge in [-0.3, -0.25) is 24.3 Å². The summed E-state index contributed by atoms with van der Waals surface area (Å²) in [7, 11) is 0. The lowest BCUT2D eigenvalue weighted by Crippen LogP contribution is -2.18. The lowest BCUT2D eigenvalue weighted by molar-refractivity contribution is -0.385. The van der Waals surface area contributed by atoms with Crippen LogP contribution in [-0.2, 0) is 17.9 Å². The van der Waals surface area contributed by atoms with Gasteiger partial charge in [-0.1, -0.05) is 29.8 Å². The van der Waals surface area contributed by atoms with Crippen LogP contribution in [0.15, 0.2) is 49.1 Å². The number of nitrogens with one attached hydrogen (secondary N) is 1. The molecular weight excluding hydrogens is 324 g/mol. The van der Waals surface area contributed by atoms with Crippen LogP contribution in [0.2, 0.25) is 0 Å². The summed E-state index contributed by atoms with van der Waals surface area (Å²) in [6, 6.07) is 8.10. The number of amides is 1. The number of nitrogens with zero attached hydrogens (tertiary/aromatic N) is 5. The second-order valence-corrected chi connectivity index (χ2v) is 5.62. The summed E-state index contributed by atoms with van der Waals surface area (Å²) >= 11 is 0. The predicted octanol–water partition coefficient (Wildman–Crippen LogP) is 1.98. The molecule has 128 valence electrons. The maximum Gasteiger partial charge on any atom is 0.307 e. The van der Waals surface area contributed by atoms with Crippen molar-refractivity contribution in [1.82, 2.24) is 19.6 Å². The van der Waals surface area contributed by atoms with Gasteiger partial charge in [-0.25, -0.2) is 0 Å². The Labute approximate surface area is 143 Å². The highest BCUT2D eigenvalue weighted by atomic mass is 16.6. The van der Waals surface area contributed by atoms with Crippen molar-refractivity contribution in [2.75, 3.05) is 5.32 Å². The largest absolute Gasteiger partial charge is 0.322 e. The summed E-state index contributed by atoms with van der Waals surface area (Å²) in [5, 5.41) is 21.3. The second kappa shape index (κ2) is 6.95. The van der Waals surface area contributed by atoms with Crippen molar-refractivity contribution in [1.29, 1.82) is 0 Å². The van der Waals surface area contributed by atoms with E-state index in [2.05, 4.69) is 21.6 Å². The summed E-state index contributed by atoms with van der Waals surface area (Å²) in [5.74, 6) is -0.340. The molecule has 1 amide bonds. The van der Waals surface area contributed by atoms with Gasteiger partial charge in [-0.15, -0.1) is 0 Å². The van der Waals surface area contributed by atoms with Crippen LogP contribution in [0.25, 0.3) is 0 Å². The monoisotopic (exact) mass is 340 g/mol. The van der Waals surface area contributed by atoms with Gasteiger partial charge in [0.2, 0.25) is 5.91 Å². The molecule has 0 fully saturated rings. The Balaban J connectivity index is 1.58. The number of anilines is 1. The van der Waals surface area contributed by atoms with Crippen molar-refractivity contribution in [2.45, 2.75) is 20.0 Å². The maximum atomic E-state index is 12.0. The Morgan fingerprint density at radius 2 is 2.04 bits per heavy atom. The van der Waals surface area contributed by atoms with Crippen LogP contribution in [0.1, 0.15) is 11.1 Å². The first-order valence-electron chi connectivity index (χ1n) is 7.54. The van der Waals surface area contributed by atoms with Crippen molar-refractivity contribution < 1.29 is 9.72 Å². The van der Waals surface area contributed by atoms with Crippen LogP contribution in [-0.4, -0.2) is 30.4 Å². The number of benzene rings is 1. The fraction of sp³-hybridized carbons (Fsp3) is 0.188. The van der Waals surface area contributed by atoms with Crippen molar-refractivity contribution in [3.05, 3.63) is 70.3 Å². The summed E-state index contributed by atoms with van der Waals surface area (Å²) < 4.78 is 2.94. The summed E-state index contributed by atoms with van der Waals surface area (Å²) in [4.78, 5) is 22.0. The highest BCUT2D eigenvalue weighted by molar-refractivity contribution is 5.90. The Kier molecular flexibility index (Phi) is 4.55. The molecule has 0 aliphatic carbocycles. The Hall–Kier alpha value is -3.49. The van der Waals surface area contributed by atoms with E-state index < -0.39 is 4.92 Å². The van der Waals surface area contributed by atoms with Gasteiger partial charge in [0.1, 0.15) is 18.9 Å². The fourth-order valence-electron chi connectivity index (χ4n) is 2.39. The van der Waals surface area contributed by atoms with E-state index >= 15 is 0 Å². The molecule has 0 saturated heterocycles. The molecule has 25 heavy (non-hydrogen) atoms. The van der Waals surface area contributed by atoms with Crippen molar-refractivity contribution in [3.8, 4) is 0 Å². The summed E-state index contributed by atoms with van der Waals surface area (Å²) in [6.07, 6.45) is 5.60. The standard InChI is InChI=1S/C16H16N6O3/c1-12-3-2-4-13(5-12)8-20-9-14(6-17-20)19-16(23)11-21-10-15(7-18-21)22(24)25/h2-7,9-10H,8,11H2,1H3,(H,19,23). The topological polar surface area (TPSA) is 108 Å². The van der Waals surface area contributed by atoms with Crippen molar-refractivity contribution in [3.63, 3.8) is 0 Å². The van der Waals surface area contributed by atoms with E-state index in [0.29, 0.717) is 12.2 Å². The number of aryl methyl sites for hydroxylation is 1. The van der Waals surface area contributed by atoms with Crippen LogP contribution < -0.4 is 5.32 Å². The molecule has 0 saturated carbocycles. The summed E-state index contributed by atoms with van der Waals surface area (Å²) in [5.41, 5.74) is 2.69. The molecule has 1 N–H and O–H groups in total. The average Bonchev–Trinajstić information content (AvgIpc) is 3.17. The minimum Gasteiger partial charge on any atom is -0.322 e. The molecule has 2 heterocycles. The SMILES string of the molecule is Cc1cccc(Cn2cc(NC(=O)Cn3cc([N+](=O)[O-])cn3)cn2)c1. The average molecular weight is 340 g/mol. The molecule has 9 heteroatoms. The number of nitro groups is 1. The second-order valence-electron chi connectivity index (χ2n) is 5.62. The number of hydrogen-bond donors (Lipinski definition) is 1. The zero-order chi connectivity index (χ0) is 17.8. The van der Waals surface area contributed by atoms with E-state index in [9.17, 15) is 14.9 Å². The van der Waals surface area contributed by atoms with Gasteiger partial charge in [0.15, 0.2) is 0 Å². The lowest BCUT2D eigenvalue weighted by atomic mass is 10.1. The van der Waals surface area contributed by atoms with Crippen LogP contribution in [0.5, 0.6) is 0 Å². The number of rotatable bonds is 6. The first-order chi connectivity index (χ1) is 12.0. The van der Waals surface area contributed by atoms with Gasteiger partial charge in [0.05, 0.1) is 23.4 Å². The smallest absolute Gasteiger partial charge is 0.307 e. The van der Waals surface area contributed by atoms with E-state index in [4.69, 9.17) is 0 Å². The zero-order valence-electron chi connectivity index (χ0n) is 13.5. The Morgan fingerprint density at radius 1 is 1.24 bits per heavy atom. The zero-order valence-corrected chi connectivity index (χ0v) is 13.5. The predicted molar refractivity (Wildman–Crippen MR) is 90.0 cm³/mol. The van der Waals surface area contributed by atoms with Crippen molar-refractivity contribution >= 4 is 17.3 Å². The van der Waals surface area contributed by atoms with Crippen LogP contribution in [0.3, 0.4) is 0 Å². The molecule has 9 nitrogen and oxygen atoms in total. The molecule has 0 aliphatic heterocycles. The molecular formula is C16H16N6O3. The molecule has 1 aromatic carbocycles. The lowest BCUT2D eigenvalue weighted by Gasteiger charge is -2.03. The first-order valence-corrected chi connectivity index (χ1v) is 7.54. The van der Waals surface area contributed by atoms with E-state index in [-0.39, 0.29) is 18.1 Å². The molecule has 2 aromatic heterocycles. The van der Waals surface area contributed by atoms with Gasteiger partial charge < -0.3 is 5.32 Å². The van der Waals surface area contributed by atoms with Crippen molar-refractivity contribution in [2.24, 2.45) is 0 Å². The molecule has 0 atom stereocenters. The van der Waals surface area contributed by atoms with Gasteiger partial charge in [0, 0.05) is 6.20 Å². The quantitative estimate of drug-likeness (QED) is 0.545. The number of carbonyl (C=O) groups excluding carboxylic acids is 1. The van der Waals surface area contributed by atoms with Gasteiger partial charge >= 0.3 is 5.69 Å². The number of carbonyl (C=O) groups is 1. The normalized spacial score (nSPS) is 10.6. The Morgan fingerprint density at radius 3 is 2.76 bits per heavy atom. The van der Waals surface area contributed by atoms with E-state index in [0.717, 1.165) is 11.8 Å². The molecule has 3 rings (SSSR count). The fourth-order valence-corrected chi connectivity index (χ4v) is 2.39. The highest BCUT2D eigenvalue weighted by Gasteiger charge is 2.12. The van der Waals surface area contributed by atoms with Crippen LogP contribution >= 0.6 is 0 Å². The minimum absolute atomic E-state index is 0.114. The van der Waals surface area contributed by atoms with Gasteiger partial charge in [-0.05, 0) is 12.5 Å². The van der Waals surface area contributed by atoms with Gasteiger partial charge in [0.25, 0.3) is 0 Å². The molecule has 0 bridgehead atoms. The number of hydrogen-bond acceptors (Lipinski definition) is 5. The van der Waals surface area contributed by atoms with E-state index in [1.807, 2.05) is 25.1 Å². The van der Waals surface area contributed by atoms with Crippen LogP contribution in [0.4, 0.5) is 11.4 Å². The molecule has 0 radical (unpaired) electrons. The van der Waals surface area contributed by atoms with Crippen LogP contribution in [0, 0.1) is 17.0 Å². The third-order valence-corrected chi connectivity index (χ3v) is 3.48. The Bertz CT molecular complexity index is 914. The van der Waals surface area contributed by atoms with Gasteiger partial charge in [-0.2, -0.15) is 10.2 Å². The summed E-state index contributed by atoms with van der Waals surface area (Å²) in [6.45, 7) is 2.51. The third kappa shape index (κ3) is 4.28. The number of aromatic nitrogens is 4. The highest BCUT2D eigenvalue weighted by Crippen LogP contribution is 2.11. The molecule has 0 unspecified atom stereocenters. The first kappa shape index (κ1) is 16.4. The van der Waals surface area contributed by atoms with E-state index in [1.54, 1.807) is 17.1 Å².